The Kier molecular flexibility index (Phi) is 4.67. The molecule has 96 valence electrons. The Bertz CT molecular complexity index is 363. The van der Waals surface area contributed by atoms with Gasteiger partial charge in [0, 0.05) is 15.4 Å². The largest absolute Gasteiger partial charge is 0.321 e. The number of rotatable bonds is 3. The first-order valence-electron chi connectivity index (χ1n) is 6.67. The van der Waals surface area contributed by atoms with Gasteiger partial charge in [-0.05, 0) is 52.1 Å². The number of hydrogen-bond donors (Lipinski definition) is 1. The van der Waals surface area contributed by atoms with Crippen molar-refractivity contribution >= 4 is 27.3 Å². The van der Waals surface area contributed by atoms with Crippen molar-refractivity contribution in [1.29, 1.82) is 0 Å². The maximum atomic E-state index is 6.66. The third-order valence-corrected chi connectivity index (χ3v) is 5.78. The molecular formula is C14H22BrNS. The van der Waals surface area contributed by atoms with Gasteiger partial charge >= 0.3 is 0 Å². The Morgan fingerprint density at radius 1 is 1.41 bits per heavy atom. The van der Waals surface area contributed by atoms with Crippen LogP contribution in [0.4, 0.5) is 0 Å². The molecule has 0 radical (unpaired) electrons. The van der Waals surface area contributed by atoms with E-state index in [0.29, 0.717) is 0 Å². The summed E-state index contributed by atoms with van der Waals surface area (Å²) in [6.07, 6.45) is 8.92. The van der Waals surface area contributed by atoms with E-state index in [1.165, 1.54) is 42.1 Å². The van der Waals surface area contributed by atoms with Gasteiger partial charge in [-0.1, -0.05) is 32.6 Å². The van der Waals surface area contributed by atoms with Crippen LogP contribution in [-0.4, -0.2) is 0 Å². The molecule has 3 heteroatoms. The zero-order chi connectivity index (χ0) is 12.3. The molecule has 17 heavy (non-hydrogen) atoms. The van der Waals surface area contributed by atoms with Crippen molar-refractivity contribution in [2.75, 3.05) is 0 Å². The van der Waals surface area contributed by atoms with E-state index >= 15 is 0 Å². The lowest BCUT2D eigenvalue weighted by molar-refractivity contribution is 0.367. The molecule has 0 aromatic carbocycles. The van der Waals surface area contributed by atoms with Crippen LogP contribution in [-0.2, 0) is 5.54 Å². The number of nitrogens with two attached hydrogens (primary N) is 1. The highest BCUT2D eigenvalue weighted by atomic mass is 79.9. The molecule has 1 nitrogen and oxygen atoms in total. The van der Waals surface area contributed by atoms with Crippen LogP contribution in [0.5, 0.6) is 0 Å². The molecule has 1 aliphatic carbocycles. The van der Waals surface area contributed by atoms with E-state index in [2.05, 4.69) is 33.6 Å². The molecule has 1 aromatic rings. The summed E-state index contributed by atoms with van der Waals surface area (Å²) in [4.78, 5) is 0. The zero-order valence-electron chi connectivity index (χ0n) is 10.5. The fourth-order valence-corrected chi connectivity index (χ4v) is 4.84. The van der Waals surface area contributed by atoms with Gasteiger partial charge < -0.3 is 5.73 Å². The quantitative estimate of drug-likeness (QED) is 0.776. The van der Waals surface area contributed by atoms with E-state index in [0.717, 1.165) is 18.8 Å². The SMILES string of the molecule is CCCC1CCCC(N)(c2cscc2Br)CC1. The predicted molar refractivity (Wildman–Crippen MR) is 79.4 cm³/mol. The minimum Gasteiger partial charge on any atom is -0.321 e. The molecule has 1 saturated carbocycles. The minimum atomic E-state index is -0.0820. The Morgan fingerprint density at radius 3 is 2.88 bits per heavy atom. The van der Waals surface area contributed by atoms with E-state index in [9.17, 15) is 0 Å². The molecule has 2 rings (SSSR count). The molecule has 1 aliphatic rings. The maximum Gasteiger partial charge on any atom is 0.0429 e. The molecule has 0 saturated heterocycles. The fraction of sp³-hybridized carbons (Fsp3) is 0.714. The summed E-state index contributed by atoms with van der Waals surface area (Å²) in [5, 5.41) is 4.38. The molecule has 1 heterocycles. The second-order valence-corrected chi connectivity index (χ2v) is 6.97. The van der Waals surface area contributed by atoms with Crippen molar-refractivity contribution in [3.63, 3.8) is 0 Å². The zero-order valence-corrected chi connectivity index (χ0v) is 12.9. The summed E-state index contributed by atoms with van der Waals surface area (Å²) in [5.74, 6) is 0.905. The van der Waals surface area contributed by atoms with Gasteiger partial charge in [-0.15, -0.1) is 0 Å². The molecule has 2 unspecified atom stereocenters. The smallest absolute Gasteiger partial charge is 0.0429 e. The lowest BCUT2D eigenvalue weighted by Crippen LogP contribution is -2.36. The van der Waals surface area contributed by atoms with E-state index in [4.69, 9.17) is 5.73 Å². The second-order valence-electron chi connectivity index (χ2n) is 5.38. The molecule has 0 amide bonds. The van der Waals surface area contributed by atoms with E-state index in [1.807, 2.05) is 0 Å². The van der Waals surface area contributed by atoms with Crippen LogP contribution in [0.2, 0.25) is 0 Å². The summed E-state index contributed by atoms with van der Waals surface area (Å²) >= 11 is 5.39. The number of thiophene rings is 1. The monoisotopic (exact) mass is 315 g/mol. The Balaban J connectivity index is 2.09. The van der Waals surface area contributed by atoms with Gasteiger partial charge in [0.25, 0.3) is 0 Å². The molecule has 0 aliphatic heterocycles. The van der Waals surface area contributed by atoms with Crippen molar-refractivity contribution in [2.45, 2.75) is 57.4 Å². The van der Waals surface area contributed by atoms with E-state index in [-0.39, 0.29) is 5.54 Å². The third-order valence-electron chi connectivity index (χ3n) is 4.08. The molecule has 1 aromatic heterocycles. The normalized spacial score (nSPS) is 30.2. The van der Waals surface area contributed by atoms with Gasteiger partial charge in [0.15, 0.2) is 0 Å². The topological polar surface area (TPSA) is 26.0 Å². The van der Waals surface area contributed by atoms with E-state index in [1.54, 1.807) is 11.3 Å². The van der Waals surface area contributed by atoms with Gasteiger partial charge in [0.1, 0.15) is 0 Å². The van der Waals surface area contributed by atoms with Crippen molar-refractivity contribution in [1.82, 2.24) is 0 Å². The van der Waals surface area contributed by atoms with Crippen molar-refractivity contribution in [2.24, 2.45) is 11.7 Å². The average molecular weight is 316 g/mol. The minimum absolute atomic E-state index is 0.0820. The first-order chi connectivity index (χ1) is 8.15. The first kappa shape index (κ1) is 13.6. The molecule has 2 atom stereocenters. The van der Waals surface area contributed by atoms with Gasteiger partial charge in [-0.2, -0.15) is 11.3 Å². The van der Waals surface area contributed by atoms with Crippen molar-refractivity contribution < 1.29 is 0 Å². The van der Waals surface area contributed by atoms with Crippen LogP contribution < -0.4 is 5.73 Å². The highest BCUT2D eigenvalue weighted by Gasteiger charge is 2.32. The second kappa shape index (κ2) is 5.85. The predicted octanol–water partition coefficient (Wildman–Crippen LogP) is 5.05. The third kappa shape index (κ3) is 3.12. The molecular weight excluding hydrogens is 294 g/mol. The van der Waals surface area contributed by atoms with Crippen molar-refractivity contribution in [3.8, 4) is 0 Å². The standard InChI is InChI=1S/C14H22BrNS/c1-2-4-11-5-3-7-14(16,8-6-11)12-9-17-10-13(12)15/h9-11H,2-8,16H2,1H3. The fourth-order valence-electron chi connectivity index (χ4n) is 3.04. The maximum absolute atomic E-state index is 6.66. The van der Waals surface area contributed by atoms with Gasteiger partial charge in [-0.25, -0.2) is 0 Å². The molecule has 0 bridgehead atoms. The summed E-state index contributed by atoms with van der Waals surface area (Å²) in [7, 11) is 0. The number of halogens is 1. The molecule has 1 fully saturated rings. The van der Waals surface area contributed by atoms with Crippen LogP contribution in [0.1, 0.15) is 57.4 Å². The summed E-state index contributed by atoms with van der Waals surface area (Å²) in [5.41, 5.74) is 7.91. The van der Waals surface area contributed by atoms with Crippen LogP contribution in [0.15, 0.2) is 15.2 Å². The highest BCUT2D eigenvalue weighted by molar-refractivity contribution is 9.10. The van der Waals surface area contributed by atoms with Gasteiger partial charge in [0.05, 0.1) is 0 Å². The lowest BCUT2D eigenvalue weighted by Gasteiger charge is -2.28. The Morgan fingerprint density at radius 2 is 2.24 bits per heavy atom. The van der Waals surface area contributed by atoms with E-state index < -0.39 is 0 Å². The van der Waals surface area contributed by atoms with Crippen LogP contribution in [0, 0.1) is 5.92 Å². The highest BCUT2D eigenvalue weighted by Crippen LogP contribution is 2.41. The summed E-state index contributed by atoms with van der Waals surface area (Å²) in [6, 6.07) is 0. The van der Waals surface area contributed by atoms with Crippen LogP contribution >= 0.6 is 27.3 Å². The van der Waals surface area contributed by atoms with Gasteiger partial charge in [0.2, 0.25) is 0 Å². The molecule has 0 spiro atoms. The summed E-state index contributed by atoms with van der Waals surface area (Å²) in [6.45, 7) is 2.29. The van der Waals surface area contributed by atoms with Crippen LogP contribution in [0.3, 0.4) is 0 Å². The Hall–Kier alpha value is 0.140. The van der Waals surface area contributed by atoms with Gasteiger partial charge in [-0.3, -0.25) is 0 Å². The van der Waals surface area contributed by atoms with Crippen molar-refractivity contribution in [3.05, 3.63) is 20.8 Å². The first-order valence-corrected chi connectivity index (χ1v) is 8.40. The molecule has 2 N–H and O–H groups in total. The lowest BCUT2D eigenvalue weighted by atomic mass is 9.85. The average Bonchev–Trinajstić information content (AvgIpc) is 2.64. The number of hydrogen-bond acceptors (Lipinski definition) is 2. The van der Waals surface area contributed by atoms with Crippen LogP contribution in [0.25, 0.3) is 0 Å². The summed E-state index contributed by atoms with van der Waals surface area (Å²) < 4.78 is 1.21. The Labute approximate surface area is 117 Å².